The van der Waals surface area contributed by atoms with E-state index in [9.17, 15) is 9.18 Å². The highest BCUT2D eigenvalue weighted by molar-refractivity contribution is 6.29. The van der Waals surface area contributed by atoms with Crippen LogP contribution in [0.4, 0.5) is 4.39 Å². The normalized spacial score (nSPS) is 12.3. The van der Waals surface area contributed by atoms with Crippen molar-refractivity contribution in [1.82, 2.24) is 10.3 Å². The standard InChI is InChI=1S/C14H10ClFN2O3/c15-13-12(16)9(3-4-17-13)14(19)18-6-8-1-2-10-11(5-8)21-7-20-10/h1-5H,6-7H2,(H,18,19). The molecule has 0 spiro atoms. The SMILES string of the molecule is O=C(NCc1ccc2c(c1)OCO2)c1ccnc(Cl)c1F. The van der Waals surface area contributed by atoms with E-state index in [0.717, 1.165) is 5.56 Å². The molecule has 1 aromatic carbocycles. The van der Waals surface area contributed by atoms with Crippen LogP contribution in [0.15, 0.2) is 30.5 Å². The Hall–Kier alpha value is -2.34. The number of ether oxygens (including phenoxy) is 2. The lowest BCUT2D eigenvalue weighted by atomic mass is 10.2. The zero-order chi connectivity index (χ0) is 14.8. The highest BCUT2D eigenvalue weighted by Crippen LogP contribution is 2.32. The van der Waals surface area contributed by atoms with Gasteiger partial charge in [-0.3, -0.25) is 4.79 Å². The molecule has 1 aliphatic rings. The molecule has 0 saturated carbocycles. The molecule has 3 rings (SSSR count). The Bertz CT molecular complexity index is 709. The van der Waals surface area contributed by atoms with Gasteiger partial charge in [0.05, 0.1) is 5.56 Å². The Morgan fingerprint density at radius 1 is 1.33 bits per heavy atom. The molecule has 0 bridgehead atoms. The van der Waals surface area contributed by atoms with E-state index in [1.807, 2.05) is 0 Å². The summed E-state index contributed by atoms with van der Waals surface area (Å²) in [6.45, 7) is 0.417. The Morgan fingerprint density at radius 3 is 3.00 bits per heavy atom. The summed E-state index contributed by atoms with van der Waals surface area (Å²) in [6, 6.07) is 6.59. The van der Waals surface area contributed by atoms with Gasteiger partial charge < -0.3 is 14.8 Å². The van der Waals surface area contributed by atoms with Crippen LogP contribution in [0.2, 0.25) is 5.15 Å². The summed E-state index contributed by atoms with van der Waals surface area (Å²) in [7, 11) is 0. The summed E-state index contributed by atoms with van der Waals surface area (Å²) >= 11 is 5.54. The number of benzene rings is 1. The summed E-state index contributed by atoms with van der Waals surface area (Å²) in [5, 5.41) is 2.28. The van der Waals surface area contributed by atoms with Crippen LogP contribution in [0.3, 0.4) is 0 Å². The van der Waals surface area contributed by atoms with E-state index in [1.54, 1.807) is 18.2 Å². The fourth-order valence-corrected chi connectivity index (χ4v) is 2.08. The first-order valence-electron chi connectivity index (χ1n) is 6.12. The van der Waals surface area contributed by atoms with E-state index in [-0.39, 0.29) is 24.1 Å². The molecule has 0 aliphatic carbocycles. The molecule has 1 aromatic heterocycles. The minimum atomic E-state index is -0.831. The molecule has 7 heteroatoms. The second-order valence-corrected chi connectivity index (χ2v) is 4.69. The zero-order valence-corrected chi connectivity index (χ0v) is 11.5. The van der Waals surface area contributed by atoms with Gasteiger partial charge in [0.15, 0.2) is 22.5 Å². The third kappa shape index (κ3) is 2.75. The monoisotopic (exact) mass is 308 g/mol. The van der Waals surface area contributed by atoms with Gasteiger partial charge in [-0.25, -0.2) is 9.37 Å². The summed E-state index contributed by atoms with van der Waals surface area (Å²) in [5.74, 6) is -0.103. The summed E-state index contributed by atoms with van der Waals surface area (Å²) in [5.41, 5.74) is 0.670. The third-order valence-electron chi connectivity index (χ3n) is 2.98. The van der Waals surface area contributed by atoms with E-state index < -0.39 is 11.7 Å². The summed E-state index contributed by atoms with van der Waals surface area (Å²) < 4.78 is 24.1. The molecule has 1 amide bonds. The number of hydrogen-bond donors (Lipinski definition) is 1. The Kier molecular flexibility index (Phi) is 3.62. The average Bonchev–Trinajstić information content (AvgIpc) is 2.95. The third-order valence-corrected chi connectivity index (χ3v) is 3.24. The number of carbonyl (C=O) groups is 1. The summed E-state index contributed by atoms with van der Waals surface area (Å²) in [4.78, 5) is 15.5. The number of carbonyl (C=O) groups excluding carboxylic acids is 1. The van der Waals surface area contributed by atoms with Gasteiger partial charge in [-0.05, 0) is 23.8 Å². The van der Waals surface area contributed by atoms with Gasteiger partial charge in [0.1, 0.15) is 0 Å². The van der Waals surface area contributed by atoms with Crippen LogP contribution in [0.1, 0.15) is 15.9 Å². The number of amides is 1. The molecule has 0 unspecified atom stereocenters. The Labute approximate surface area is 124 Å². The van der Waals surface area contributed by atoms with Gasteiger partial charge in [-0.15, -0.1) is 0 Å². The molecular weight excluding hydrogens is 299 g/mol. The van der Waals surface area contributed by atoms with Crippen LogP contribution < -0.4 is 14.8 Å². The first-order chi connectivity index (χ1) is 10.1. The van der Waals surface area contributed by atoms with Crippen molar-refractivity contribution in [3.05, 3.63) is 52.6 Å². The molecule has 2 heterocycles. The van der Waals surface area contributed by atoms with Gasteiger partial charge in [-0.1, -0.05) is 17.7 Å². The number of rotatable bonds is 3. The van der Waals surface area contributed by atoms with Crippen molar-refractivity contribution >= 4 is 17.5 Å². The molecule has 1 aliphatic heterocycles. The number of halogens is 2. The lowest BCUT2D eigenvalue weighted by molar-refractivity contribution is 0.0946. The maximum Gasteiger partial charge on any atom is 0.254 e. The second kappa shape index (κ2) is 5.57. The van der Waals surface area contributed by atoms with Crippen LogP contribution in [-0.2, 0) is 6.54 Å². The number of pyridine rings is 1. The number of nitrogens with one attached hydrogen (secondary N) is 1. The minimum Gasteiger partial charge on any atom is -0.454 e. The van der Waals surface area contributed by atoms with Crippen LogP contribution in [-0.4, -0.2) is 17.7 Å². The van der Waals surface area contributed by atoms with Crippen LogP contribution in [0, 0.1) is 5.82 Å². The second-order valence-electron chi connectivity index (χ2n) is 4.33. The van der Waals surface area contributed by atoms with Crippen molar-refractivity contribution in [1.29, 1.82) is 0 Å². The highest BCUT2D eigenvalue weighted by atomic mass is 35.5. The minimum absolute atomic E-state index is 0.143. The highest BCUT2D eigenvalue weighted by Gasteiger charge is 2.16. The van der Waals surface area contributed by atoms with E-state index in [1.165, 1.54) is 12.3 Å². The van der Waals surface area contributed by atoms with Crippen LogP contribution in [0.5, 0.6) is 11.5 Å². The predicted molar refractivity (Wildman–Crippen MR) is 72.9 cm³/mol. The molecule has 0 atom stereocenters. The molecule has 0 fully saturated rings. The lowest BCUT2D eigenvalue weighted by Gasteiger charge is -2.07. The van der Waals surface area contributed by atoms with E-state index in [0.29, 0.717) is 11.5 Å². The van der Waals surface area contributed by atoms with Crippen LogP contribution in [0.25, 0.3) is 0 Å². The maximum absolute atomic E-state index is 13.7. The van der Waals surface area contributed by atoms with Crippen molar-refractivity contribution < 1.29 is 18.7 Å². The van der Waals surface area contributed by atoms with E-state index in [4.69, 9.17) is 21.1 Å². The zero-order valence-electron chi connectivity index (χ0n) is 10.7. The largest absolute Gasteiger partial charge is 0.454 e. The lowest BCUT2D eigenvalue weighted by Crippen LogP contribution is -2.24. The molecule has 0 saturated heterocycles. The first-order valence-corrected chi connectivity index (χ1v) is 6.49. The molecule has 0 radical (unpaired) electrons. The van der Waals surface area contributed by atoms with Crippen molar-refractivity contribution in [2.24, 2.45) is 0 Å². The fourth-order valence-electron chi connectivity index (χ4n) is 1.92. The van der Waals surface area contributed by atoms with Crippen molar-refractivity contribution in [3.8, 4) is 11.5 Å². The summed E-state index contributed by atoms with van der Waals surface area (Å²) in [6.07, 6.45) is 1.28. The van der Waals surface area contributed by atoms with Gasteiger partial charge in [0.2, 0.25) is 6.79 Å². The number of hydrogen-bond acceptors (Lipinski definition) is 4. The number of fused-ring (bicyclic) bond motifs is 1. The average molecular weight is 309 g/mol. The Balaban J connectivity index is 1.70. The molecule has 2 aromatic rings. The van der Waals surface area contributed by atoms with Crippen molar-refractivity contribution in [2.45, 2.75) is 6.54 Å². The van der Waals surface area contributed by atoms with Crippen LogP contribution >= 0.6 is 11.6 Å². The topological polar surface area (TPSA) is 60.5 Å². The van der Waals surface area contributed by atoms with Gasteiger partial charge in [0.25, 0.3) is 5.91 Å². The number of nitrogens with zero attached hydrogens (tertiary/aromatic N) is 1. The quantitative estimate of drug-likeness (QED) is 0.885. The maximum atomic E-state index is 13.7. The van der Waals surface area contributed by atoms with Gasteiger partial charge >= 0.3 is 0 Å². The number of aromatic nitrogens is 1. The molecule has 5 nitrogen and oxygen atoms in total. The molecule has 108 valence electrons. The predicted octanol–water partition coefficient (Wildman–Crippen LogP) is 2.53. The van der Waals surface area contributed by atoms with E-state index in [2.05, 4.69) is 10.3 Å². The van der Waals surface area contributed by atoms with E-state index >= 15 is 0 Å². The van der Waals surface area contributed by atoms with Gasteiger partial charge in [0, 0.05) is 12.7 Å². The smallest absolute Gasteiger partial charge is 0.254 e. The fraction of sp³-hybridized carbons (Fsp3) is 0.143. The molecular formula is C14H10ClFN2O3. The van der Waals surface area contributed by atoms with Crippen molar-refractivity contribution in [2.75, 3.05) is 6.79 Å². The molecule has 21 heavy (non-hydrogen) atoms. The van der Waals surface area contributed by atoms with Crippen molar-refractivity contribution in [3.63, 3.8) is 0 Å². The Morgan fingerprint density at radius 2 is 2.14 bits per heavy atom. The molecule has 1 N–H and O–H groups in total. The first kappa shape index (κ1) is 13.6. The van der Waals surface area contributed by atoms with Gasteiger partial charge in [-0.2, -0.15) is 0 Å².